The smallest absolute Gasteiger partial charge is 0.00929 e. The Bertz CT molecular complexity index is 211. The second-order valence-electron chi connectivity index (χ2n) is 5.87. The predicted molar refractivity (Wildman–Crippen MR) is 59.2 cm³/mol. The molecule has 0 heterocycles. The van der Waals surface area contributed by atoms with E-state index in [-0.39, 0.29) is 0 Å². The van der Waals surface area contributed by atoms with Crippen molar-refractivity contribution in [1.82, 2.24) is 5.32 Å². The van der Waals surface area contributed by atoms with E-state index in [9.17, 15) is 0 Å². The van der Waals surface area contributed by atoms with Crippen LogP contribution < -0.4 is 5.32 Å². The van der Waals surface area contributed by atoms with Gasteiger partial charge in [0.1, 0.15) is 0 Å². The average Bonchev–Trinajstić information content (AvgIpc) is 2.92. The normalized spacial score (nSPS) is 31.5. The molecule has 80 valence electrons. The minimum Gasteiger partial charge on any atom is -0.313 e. The van der Waals surface area contributed by atoms with Gasteiger partial charge in [-0.2, -0.15) is 0 Å². The van der Waals surface area contributed by atoms with Gasteiger partial charge in [-0.25, -0.2) is 0 Å². The molecule has 0 radical (unpaired) electrons. The first-order chi connectivity index (χ1) is 6.84. The van der Waals surface area contributed by atoms with E-state index in [0.29, 0.717) is 0 Å². The molecule has 1 nitrogen and oxygen atoms in total. The van der Waals surface area contributed by atoms with Crippen LogP contribution in [0.4, 0.5) is 0 Å². The summed E-state index contributed by atoms with van der Waals surface area (Å²) in [4.78, 5) is 0. The van der Waals surface area contributed by atoms with Crippen molar-refractivity contribution in [3.63, 3.8) is 0 Å². The molecule has 3 aliphatic carbocycles. The summed E-state index contributed by atoms with van der Waals surface area (Å²) >= 11 is 0. The van der Waals surface area contributed by atoms with Crippen LogP contribution in [0.5, 0.6) is 0 Å². The third kappa shape index (κ3) is 1.71. The van der Waals surface area contributed by atoms with E-state index in [1.54, 1.807) is 0 Å². The SMILES string of the molecule is CCC(NCC1(C2CC2)CC1)C1CC1. The van der Waals surface area contributed by atoms with Gasteiger partial charge < -0.3 is 5.32 Å². The maximum Gasteiger partial charge on any atom is 0.00929 e. The van der Waals surface area contributed by atoms with Crippen LogP contribution >= 0.6 is 0 Å². The molecule has 1 N–H and O–H groups in total. The van der Waals surface area contributed by atoms with E-state index < -0.39 is 0 Å². The minimum absolute atomic E-state index is 0.794. The summed E-state index contributed by atoms with van der Waals surface area (Å²) in [5.41, 5.74) is 0.794. The van der Waals surface area contributed by atoms with Gasteiger partial charge in [-0.3, -0.25) is 0 Å². The highest BCUT2D eigenvalue weighted by atomic mass is 15.0. The van der Waals surface area contributed by atoms with E-state index in [4.69, 9.17) is 0 Å². The van der Waals surface area contributed by atoms with Crippen LogP contribution in [-0.2, 0) is 0 Å². The van der Waals surface area contributed by atoms with Crippen molar-refractivity contribution >= 4 is 0 Å². The van der Waals surface area contributed by atoms with E-state index in [1.807, 2.05) is 0 Å². The molecule has 3 aliphatic rings. The number of nitrogens with one attached hydrogen (secondary N) is 1. The largest absolute Gasteiger partial charge is 0.313 e. The Morgan fingerprint density at radius 3 is 2.36 bits per heavy atom. The van der Waals surface area contributed by atoms with Crippen molar-refractivity contribution in [2.45, 2.75) is 57.9 Å². The van der Waals surface area contributed by atoms with Crippen LogP contribution in [0.1, 0.15) is 51.9 Å². The molecule has 3 fully saturated rings. The number of hydrogen-bond donors (Lipinski definition) is 1. The van der Waals surface area contributed by atoms with Gasteiger partial charge in [-0.1, -0.05) is 6.92 Å². The summed E-state index contributed by atoms with van der Waals surface area (Å²) in [6.07, 6.45) is 10.4. The zero-order valence-corrected chi connectivity index (χ0v) is 9.39. The summed E-state index contributed by atoms with van der Waals surface area (Å²) in [6, 6.07) is 0.853. The first-order valence-corrected chi connectivity index (χ1v) is 6.57. The lowest BCUT2D eigenvalue weighted by Crippen LogP contribution is -2.35. The summed E-state index contributed by atoms with van der Waals surface area (Å²) in [5, 5.41) is 3.86. The molecular weight excluding hydrogens is 170 g/mol. The first kappa shape index (κ1) is 9.21. The predicted octanol–water partition coefficient (Wildman–Crippen LogP) is 2.95. The zero-order valence-electron chi connectivity index (χ0n) is 9.39. The molecule has 0 bridgehead atoms. The molecule has 14 heavy (non-hydrogen) atoms. The Morgan fingerprint density at radius 2 is 1.93 bits per heavy atom. The highest BCUT2D eigenvalue weighted by molar-refractivity contribution is 5.05. The van der Waals surface area contributed by atoms with Crippen molar-refractivity contribution in [3.05, 3.63) is 0 Å². The minimum atomic E-state index is 0.794. The van der Waals surface area contributed by atoms with Crippen LogP contribution in [0.15, 0.2) is 0 Å². The lowest BCUT2D eigenvalue weighted by molar-refractivity contribution is 0.350. The Balaban J connectivity index is 1.47. The van der Waals surface area contributed by atoms with E-state index in [1.165, 1.54) is 51.5 Å². The van der Waals surface area contributed by atoms with Gasteiger partial charge in [0.25, 0.3) is 0 Å². The van der Waals surface area contributed by atoms with Gasteiger partial charge in [0.15, 0.2) is 0 Å². The van der Waals surface area contributed by atoms with E-state index in [2.05, 4.69) is 12.2 Å². The Labute approximate surface area is 87.7 Å². The first-order valence-electron chi connectivity index (χ1n) is 6.57. The molecule has 0 aromatic carbocycles. The van der Waals surface area contributed by atoms with Crippen molar-refractivity contribution in [2.24, 2.45) is 17.3 Å². The fraction of sp³-hybridized carbons (Fsp3) is 1.00. The highest BCUT2D eigenvalue weighted by Gasteiger charge is 2.53. The molecule has 0 saturated heterocycles. The maximum absolute atomic E-state index is 3.86. The van der Waals surface area contributed by atoms with E-state index >= 15 is 0 Å². The third-order valence-corrected chi connectivity index (χ3v) is 4.68. The van der Waals surface area contributed by atoms with Crippen molar-refractivity contribution in [2.75, 3.05) is 6.54 Å². The molecule has 0 aromatic heterocycles. The Kier molecular flexibility index (Phi) is 2.12. The van der Waals surface area contributed by atoms with Gasteiger partial charge in [-0.05, 0) is 62.2 Å². The Morgan fingerprint density at radius 1 is 1.21 bits per heavy atom. The second-order valence-corrected chi connectivity index (χ2v) is 5.87. The monoisotopic (exact) mass is 193 g/mol. The van der Waals surface area contributed by atoms with Crippen molar-refractivity contribution in [3.8, 4) is 0 Å². The zero-order chi connectivity index (χ0) is 9.60. The number of hydrogen-bond acceptors (Lipinski definition) is 1. The average molecular weight is 193 g/mol. The van der Waals surface area contributed by atoms with Gasteiger partial charge >= 0.3 is 0 Å². The molecule has 0 amide bonds. The molecule has 3 rings (SSSR count). The maximum atomic E-state index is 3.86. The second kappa shape index (κ2) is 3.23. The molecule has 1 unspecified atom stereocenters. The van der Waals surface area contributed by atoms with Crippen LogP contribution in [0.2, 0.25) is 0 Å². The van der Waals surface area contributed by atoms with Crippen molar-refractivity contribution in [1.29, 1.82) is 0 Å². The number of rotatable bonds is 6. The molecule has 0 spiro atoms. The molecule has 3 saturated carbocycles. The van der Waals surface area contributed by atoms with Crippen LogP contribution in [-0.4, -0.2) is 12.6 Å². The third-order valence-electron chi connectivity index (χ3n) is 4.68. The lowest BCUT2D eigenvalue weighted by atomic mass is 9.99. The van der Waals surface area contributed by atoms with Gasteiger partial charge in [-0.15, -0.1) is 0 Å². The van der Waals surface area contributed by atoms with E-state index in [0.717, 1.165) is 23.3 Å². The quantitative estimate of drug-likeness (QED) is 0.684. The van der Waals surface area contributed by atoms with Crippen molar-refractivity contribution < 1.29 is 0 Å². The fourth-order valence-electron chi connectivity index (χ4n) is 3.06. The molecule has 0 aliphatic heterocycles. The summed E-state index contributed by atoms with van der Waals surface area (Å²) in [7, 11) is 0. The highest BCUT2D eigenvalue weighted by Crippen LogP contribution is 2.61. The molecule has 0 aromatic rings. The lowest BCUT2D eigenvalue weighted by Gasteiger charge is -2.21. The van der Waals surface area contributed by atoms with Crippen LogP contribution in [0.25, 0.3) is 0 Å². The van der Waals surface area contributed by atoms with Crippen LogP contribution in [0, 0.1) is 17.3 Å². The summed E-state index contributed by atoms with van der Waals surface area (Å²) < 4.78 is 0. The Hall–Kier alpha value is -0.0400. The topological polar surface area (TPSA) is 12.0 Å². The summed E-state index contributed by atoms with van der Waals surface area (Å²) in [6.45, 7) is 3.68. The fourth-order valence-corrected chi connectivity index (χ4v) is 3.06. The van der Waals surface area contributed by atoms with Crippen LogP contribution in [0.3, 0.4) is 0 Å². The molecule has 1 atom stereocenters. The van der Waals surface area contributed by atoms with Gasteiger partial charge in [0.05, 0.1) is 0 Å². The summed E-state index contributed by atoms with van der Waals surface area (Å²) in [5.74, 6) is 2.15. The van der Waals surface area contributed by atoms with Gasteiger partial charge in [0.2, 0.25) is 0 Å². The standard InChI is InChI=1S/C13H23N/c1-2-12(10-3-4-10)14-9-13(7-8-13)11-5-6-11/h10-12,14H,2-9H2,1H3. The molecular formula is C13H23N. The molecule has 1 heteroatoms. The van der Waals surface area contributed by atoms with Gasteiger partial charge in [0, 0.05) is 12.6 Å².